The molecule has 5 nitrogen and oxygen atoms in total. The average molecular weight is 272 g/mol. The smallest absolute Gasteiger partial charge is 0.128 e. The van der Waals surface area contributed by atoms with Crippen molar-refractivity contribution in [3.05, 3.63) is 53.2 Å². The van der Waals surface area contributed by atoms with Gasteiger partial charge in [0.25, 0.3) is 0 Å². The number of nitrogen functional groups attached to an aromatic ring is 1. The van der Waals surface area contributed by atoms with Crippen LogP contribution in [-0.2, 0) is 6.42 Å². The van der Waals surface area contributed by atoms with Crippen LogP contribution < -0.4 is 21.7 Å². The van der Waals surface area contributed by atoms with Gasteiger partial charge < -0.3 is 10.5 Å². The lowest BCUT2D eigenvalue weighted by Crippen LogP contribution is -2.30. The molecule has 0 amide bonds. The highest BCUT2D eigenvalue weighted by Crippen LogP contribution is 2.23. The first-order chi connectivity index (χ1) is 9.63. The van der Waals surface area contributed by atoms with Crippen LogP contribution in [0.3, 0.4) is 0 Å². The molecule has 0 fully saturated rings. The Kier molecular flexibility index (Phi) is 4.55. The average Bonchev–Trinajstić information content (AvgIpc) is 2.48. The van der Waals surface area contributed by atoms with E-state index in [0.717, 1.165) is 28.9 Å². The van der Waals surface area contributed by atoms with E-state index >= 15 is 0 Å². The minimum atomic E-state index is -0.0733. The van der Waals surface area contributed by atoms with Gasteiger partial charge in [0.2, 0.25) is 0 Å². The number of benzene rings is 1. The van der Waals surface area contributed by atoms with Gasteiger partial charge in [0, 0.05) is 11.8 Å². The van der Waals surface area contributed by atoms with E-state index in [4.69, 9.17) is 16.3 Å². The number of aryl methyl sites for hydroxylation is 1. The Morgan fingerprint density at radius 1 is 1.30 bits per heavy atom. The highest BCUT2D eigenvalue weighted by molar-refractivity contribution is 5.43. The van der Waals surface area contributed by atoms with Crippen LogP contribution in [-0.4, -0.2) is 12.1 Å². The lowest BCUT2D eigenvalue weighted by atomic mass is 9.99. The topological polar surface area (TPSA) is 86.2 Å². The number of hydrazine groups is 1. The van der Waals surface area contributed by atoms with Crippen molar-refractivity contribution >= 4 is 5.82 Å². The van der Waals surface area contributed by atoms with E-state index in [2.05, 4.69) is 10.4 Å². The van der Waals surface area contributed by atoms with Gasteiger partial charge in [-0.05, 0) is 42.7 Å². The molecule has 0 saturated carbocycles. The summed E-state index contributed by atoms with van der Waals surface area (Å²) < 4.78 is 5.15. The number of hydrogen-bond acceptors (Lipinski definition) is 5. The van der Waals surface area contributed by atoms with Crippen molar-refractivity contribution in [1.82, 2.24) is 10.4 Å². The Hall–Kier alpha value is -2.11. The minimum absolute atomic E-state index is 0.0733. The van der Waals surface area contributed by atoms with Crippen molar-refractivity contribution in [3.8, 4) is 5.75 Å². The molecular formula is C15H20N4O. The molecular weight excluding hydrogens is 252 g/mol. The summed E-state index contributed by atoms with van der Waals surface area (Å²) in [5.74, 6) is 7.01. The van der Waals surface area contributed by atoms with Crippen LogP contribution in [0.1, 0.15) is 22.7 Å². The van der Waals surface area contributed by atoms with Crippen molar-refractivity contribution in [1.29, 1.82) is 0 Å². The molecule has 0 radical (unpaired) electrons. The van der Waals surface area contributed by atoms with Crippen LogP contribution in [0.4, 0.5) is 5.82 Å². The monoisotopic (exact) mass is 272 g/mol. The fourth-order valence-corrected chi connectivity index (χ4v) is 2.14. The maximum absolute atomic E-state index is 5.94. The lowest BCUT2D eigenvalue weighted by molar-refractivity contribution is 0.414. The van der Waals surface area contributed by atoms with Gasteiger partial charge >= 0.3 is 0 Å². The van der Waals surface area contributed by atoms with E-state index in [1.54, 1.807) is 13.3 Å². The van der Waals surface area contributed by atoms with Crippen molar-refractivity contribution in [2.75, 3.05) is 12.8 Å². The molecule has 2 rings (SSSR count). The number of rotatable bonds is 5. The highest BCUT2D eigenvalue weighted by Gasteiger charge is 2.14. The Balaban J connectivity index is 2.21. The zero-order valence-corrected chi connectivity index (χ0v) is 11.8. The summed E-state index contributed by atoms with van der Waals surface area (Å²) in [5, 5.41) is 0. The molecule has 5 N–H and O–H groups in total. The van der Waals surface area contributed by atoms with E-state index in [1.807, 2.05) is 37.3 Å². The van der Waals surface area contributed by atoms with Gasteiger partial charge in [-0.25, -0.2) is 4.98 Å². The fraction of sp³-hybridized carbons (Fsp3) is 0.267. The van der Waals surface area contributed by atoms with Crippen molar-refractivity contribution in [2.45, 2.75) is 19.4 Å². The molecule has 1 unspecified atom stereocenters. The minimum Gasteiger partial charge on any atom is -0.497 e. The van der Waals surface area contributed by atoms with Crippen LogP contribution in [0.25, 0.3) is 0 Å². The van der Waals surface area contributed by atoms with Crippen molar-refractivity contribution in [2.24, 2.45) is 5.84 Å². The van der Waals surface area contributed by atoms with Gasteiger partial charge in [0.1, 0.15) is 11.6 Å². The molecule has 2 aromatic rings. The molecule has 1 atom stereocenters. The molecule has 0 aliphatic heterocycles. The third kappa shape index (κ3) is 3.26. The lowest BCUT2D eigenvalue weighted by Gasteiger charge is -2.18. The third-order valence-corrected chi connectivity index (χ3v) is 3.26. The largest absolute Gasteiger partial charge is 0.497 e. The zero-order chi connectivity index (χ0) is 14.5. The van der Waals surface area contributed by atoms with E-state index in [0.29, 0.717) is 5.82 Å². The Morgan fingerprint density at radius 3 is 2.60 bits per heavy atom. The van der Waals surface area contributed by atoms with Crippen molar-refractivity contribution < 1.29 is 4.74 Å². The number of pyridine rings is 1. The second-order valence-corrected chi connectivity index (χ2v) is 4.76. The summed E-state index contributed by atoms with van der Waals surface area (Å²) in [6, 6.07) is 9.83. The number of aromatic nitrogens is 1. The first-order valence-corrected chi connectivity index (χ1v) is 6.45. The summed E-state index contributed by atoms with van der Waals surface area (Å²) in [6.07, 6.45) is 2.48. The Bertz CT molecular complexity index is 569. The van der Waals surface area contributed by atoms with Gasteiger partial charge in [0.15, 0.2) is 0 Å². The van der Waals surface area contributed by atoms with Gasteiger partial charge in [-0.15, -0.1) is 0 Å². The molecule has 5 heteroatoms. The van der Waals surface area contributed by atoms with E-state index in [1.165, 1.54) is 0 Å². The quantitative estimate of drug-likeness (QED) is 0.570. The summed E-state index contributed by atoms with van der Waals surface area (Å²) in [5.41, 5.74) is 11.9. The fourth-order valence-electron chi connectivity index (χ4n) is 2.14. The number of nitrogens with two attached hydrogens (primary N) is 2. The summed E-state index contributed by atoms with van der Waals surface area (Å²) in [6.45, 7) is 1.98. The molecule has 106 valence electrons. The second kappa shape index (κ2) is 6.36. The summed E-state index contributed by atoms with van der Waals surface area (Å²) >= 11 is 0. The number of methoxy groups -OCH3 is 1. The SMILES string of the molecule is COc1ccc(CC(NN)c2cc(C)cnc2N)cc1. The number of ether oxygens (including phenoxy) is 1. The first-order valence-electron chi connectivity index (χ1n) is 6.45. The molecule has 1 heterocycles. The van der Waals surface area contributed by atoms with Gasteiger partial charge in [-0.1, -0.05) is 12.1 Å². The third-order valence-electron chi connectivity index (χ3n) is 3.26. The number of nitrogens with one attached hydrogen (secondary N) is 1. The molecule has 0 saturated heterocycles. The number of hydrogen-bond donors (Lipinski definition) is 3. The number of nitrogens with zero attached hydrogens (tertiary/aromatic N) is 1. The van der Waals surface area contributed by atoms with Crippen molar-refractivity contribution in [3.63, 3.8) is 0 Å². The normalized spacial score (nSPS) is 12.2. The molecule has 0 aliphatic rings. The van der Waals surface area contributed by atoms with E-state index < -0.39 is 0 Å². The van der Waals surface area contributed by atoms with Gasteiger partial charge in [0.05, 0.1) is 13.2 Å². The maximum Gasteiger partial charge on any atom is 0.128 e. The van der Waals surface area contributed by atoms with E-state index in [9.17, 15) is 0 Å². The number of anilines is 1. The van der Waals surface area contributed by atoms with Crippen LogP contribution in [0.2, 0.25) is 0 Å². The predicted octanol–water partition coefficient (Wildman–Crippen LogP) is 1.73. The first kappa shape index (κ1) is 14.3. The molecule has 1 aromatic carbocycles. The molecule has 0 spiro atoms. The van der Waals surface area contributed by atoms with Crippen LogP contribution in [0.5, 0.6) is 5.75 Å². The zero-order valence-electron chi connectivity index (χ0n) is 11.8. The molecule has 0 aliphatic carbocycles. The van der Waals surface area contributed by atoms with Crippen LogP contribution >= 0.6 is 0 Å². The predicted molar refractivity (Wildman–Crippen MR) is 80.1 cm³/mol. The van der Waals surface area contributed by atoms with Gasteiger partial charge in [-0.3, -0.25) is 11.3 Å². The standard InChI is InChI=1S/C15H20N4O/c1-10-7-13(15(16)18-9-10)14(19-17)8-11-3-5-12(20-2)6-4-11/h3-7,9,14,19H,8,17H2,1-2H3,(H2,16,18). The van der Waals surface area contributed by atoms with Crippen LogP contribution in [0.15, 0.2) is 36.5 Å². The van der Waals surface area contributed by atoms with E-state index in [-0.39, 0.29) is 6.04 Å². The molecule has 1 aromatic heterocycles. The molecule has 0 bridgehead atoms. The second-order valence-electron chi connectivity index (χ2n) is 4.76. The van der Waals surface area contributed by atoms with Gasteiger partial charge in [-0.2, -0.15) is 0 Å². The summed E-state index contributed by atoms with van der Waals surface area (Å²) in [4.78, 5) is 4.18. The Labute approximate surface area is 118 Å². The van der Waals surface area contributed by atoms with Crippen LogP contribution in [0, 0.1) is 6.92 Å². The maximum atomic E-state index is 5.94. The summed E-state index contributed by atoms with van der Waals surface area (Å²) in [7, 11) is 1.65. The Morgan fingerprint density at radius 2 is 2.00 bits per heavy atom. The molecule has 20 heavy (non-hydrogen) atoms. The highest BCUT2D eigenvalue weighted by atomic mass is 16.5.